The van der Waals surface area contributed by atoms with Gasteiger partial charge in [-0.3, -0.25) is 4.90 Å². The van der Waals surface area contributed by atoms with Crippen molar-refractivity contribution < 1.29 is 0 Å². The highest BCUT2D eigenvalue weighted by atomic mass is 32.2. The molecule has 2 rings (SSSR count). The van der Waals surface area contributed by atoms with Crippen molar-refractivity contribution in [1.82, 2.24) is 15.1 Å². The highest BCUT2D eigenvalue weighted by Crippen LogP contribution is 2.12. The standard InChI is InChI=1S/C17H27N3S2/c1-15-6-3-4-7-16(15)14-19-9-11-20(12-10-19)17(21)18-8-5-13-22-2/h3-4,6-7H,5,8-14H2,1-2H3,(H,18,21). The van der Waals surface area contributed by atoms with Crippen molar-refractivity contribution in [2.24, 2.45) is 0 Å². The number of nitrogens with zero attached hydrogens (tertiary/aromatic N) is 2. The summed E-state index contributed by atoms with van der Waals surface area (Å²) in [6.07, 6.45) is 3.32. The number of thiocarbonyl (C=S) groups is 1. The molecule has 3 nitrogen and oxygen atoms in total. The minimum atomic E-state index is 0.927. The molecule has 1 aliphatic heterocycles. The van der Waals surface area contributed by atoms with Gasteiger partial charge in [0.05, 0.1) is 0 Å². The lowest BCUT2D eigenvalue weighted by atomic mass is 10.1. The maximum Gasteiger partial charge on any atom is 0.169 e. The Morgan fingerprint density at radius 3 is 2.64 bits per heavy atom. The van der Waals surface area contributed by atoms with Crippen LogP contribution in [-0.4, -0.2) is 59.6 Å². The summed E-state index contributed by atoms with van der Waals surface area (Å²) in [4.78, 5) is 4.83. The van der Waals surface area contributed by atoms with E-state index in [-0.39, 0.29) is 0 Å². The van der Waals surface area contributed by atoms with E-state index in [0.717, 1.165) is 44.4 Å². The zero-order valence-corrected chi connectivity index (χ0v) is 15.3. The second-order valence-corrected chi connectivity index (χ2v) is 7.14. The van der Waals surface area contributed by atoms with Crippen molar-refractivity contribution in [2.75, 3.05) is 44.7 Å². The van der Waals surface area contributed by atoms with Crippen molar-refractivity contribution in [1.29, 1.82) is 0 Å². The molecule has 1 aromatic rings. The molecule has 0 spiro atoms. The molecule has 1 saturated heterocycles. The van der Waals surface area contributed by atoms with E-state index in [1.807, 2.05) is 11.8 Å². The topological polar surface area (TPSA) is 18.5 Å². The smallest absolute Gasteiger partial charge is 0.169 e. The first-order chi connectivity index (χ1) is 10.7. The molecular weight excluding hydrogens is 310 g/mol. The number of aryl methyl sites for hydroxylation is 1. The fraction of sp³-hybridized carbons (Fsp3) is 0.588. The quantitative estimate of drug-likeness (QED) is 0.634. The second kappa shape index (κ2) is 9.38. The van der Waals surface area contributed by atoms with Gasteiger partial charge < -0.3 is 10.2 Å². The van der Waals surface area contributed by atoms with E-state index >= 15 is 0 Å². The van der Waals surface area contributed by atoms with Gasteiger partial charge in [-0.2, -0.15) is 11.8 Å². The van der Waals surface area contributed by atoms with E-state index in [1.54, 1.807) is 0 Å². The number of benzene rings is 1. The van der Waals surface area contributed by atoms with Gasteiger partial charge in [0, 0.05) is 39.3 Å². The highest BCUT2D eigenvalue weighted by molar-refractivity contribution is 7.98. The molecule has 0 saturated carbocycles. The normalized spacial score (nSPS) is 15.8. The molecule has 1 aromatic carbocycles. The van der Waals surface area contributed by atoms with Crippen LogP contribution in [0.4, 0.5) is 0 Å². The van der Waals surface area contributed by atoms with Crippen LogP contribution in [-0.2, 0) is 6.54 Å². The maximum absolute atomic E-state index is 5.50. The van der Waals surface area contributed by atoms with Gasteiger partial charge in [-0.05, 0) is 48.7 Å². The van der Waals surface area contributed by atoms with Crippen LogP contribution in [0.3, 0.4) is 0 Å². The fourth-order valence-electron chi connectivity index (χ4n) is 2.66. The lowest BCUT2D eigenvalue weighted by Gasteiger charge is -2.36. The Balaban J connectivity index is 1.71. The third kappa shape index (κ3) is 5.45. The summed E-state index contributed by atoms with van der Waals surface area (Å²) in [7, 11) is 0. The lowest BCUT2D eigenvalue weighted by Crippen LogP contribution is -2.51. The van der Waals surface area contributed by atoms with Crippen LogP contribution in [0, 0.1) is 6.92 Å². The molecule has 0 aliphatic carbocycles. The molecule has 0 atom stereocenters. The van der Waals surface area contributed by atoms with Gasteiger partial charge in [-0.25, -0.2) is 0 Å². The molecule has 1 heterocycles. The Kier molecular flexibility index (Phi) is 7.49. The molecule has 1 fully saturated rings. The SMILES string of the molecule is CSCCCNC(=S)N1CCN(Cc2ccccc2C)CC1. The molecule has 122 valence electrons. The third-order valence-electron chi connectivity index (χ3n) is 4.12. The van der Waals surface area contributed by atoms with Gasteiger partial charge in [-0.15, -0.1) is 0 Å². The average molecular weight is 338 g/mol. The number of hydrogen-bond acceptors (Lipinski definition) is 3. The average Bonchev–Trinajstić information content (AvgIpc) is 2.54. The fourth-order valence-corrected chi connectivity index (χ4v) is 3.38. The van der Waals surface area contributed by atoms with Gasteiger partial charge in [0.1, 0.15) is 0 Å². The first kappa shape index (κ1) is 17.6. The molecule has 0 radical (unpaired) electrons. The molecular formula is C17H27N3S2. The Hall–Kier alpha value is -0.780. The van der Waals surface area contributed by atoms with Crippen LogP contribution in [0.2, 0.25) is 0 Å². The van der Waals surface area contributed by atoms with Gasteiger partial charge in [0.15, 0.2) is 5.11 Å². The van der Waals surface area contributed by atoms with Gasteiger partial charge in [0.2, 0.25) is 0 Å². The zero-order valence-electron chi connectivity index (χ0n) is 13.7. The first-order valence-corrected chi connectivity index (χ1v) is 9.79. The molecule has 0 unspecified atom stereocenters. The van der Waals surface area contributed by atoms with Crippen molar-refractivity contribution in [3.8, 4) is 0 Å². The Bertz CT molecular complexity index is 471. The summed E-state index contributed by atoms with van der Waals surface area (Å²) in [5.41, 5.74) is 2.82. The summed E-state index contributed by atoms with van der Waals surface area (Å²) in [6.45, 7) is 8.46. The lowest BCUT2D eigenvalue weighted by molar-refractivity contribution is 0.174. The summed E-state index contributed by atoms with van der Waals surface area (Å²) in [5, 5.41) is 4.31. The number of thioether (sulfide) groups is 1. The predicted octanol–water partition coefficient (Wildman–Crippen LogP) is 2.74. The minimum Gasteiger partial charge on any atom is -0.363 e. The largest absolute Gasteiger partial charge is 0.363 e. The van der Waals surface area contributed by atoms with Gasteiger partial charge in [0.25, 0.3) is 0 Å². The van der Waals surface area contributed by atoms with E-state index in [1.165, 1.54) is 23.3 Å². The summed E-state index contributed by atoms with van der Waals surface area (Å²) in [5.74, 6) is 1.19. The number of piperazine rings is 1. The van der Waals surface area contributed by atoms with Crippen molar-refractivity contribution in [2.45, 2.75) is 19.9 Å². The molecule has 22 heavy (non-hydrogen) atoms. The number of hydrogen-bond donors (Lipinski definition) is 1. The van der Waals surface area contributed by atoms with Crippen LogP contribution in [0.25, 0.3) is 0 Å². The highest BCUT2D eigenvalue weighted by Gasteiger charge is 2.18. The molecule has 0 amide bonds. The molecule has 0 bridgehead atoms. The van der Waals surface area contributed by atoms with Crippen LogP contribution in [0.1, 0.15) is 17.5 Å². The Morgan fingerprint density at radius 1 is 1.23 bits per heavy atom. The molecule has 1 aliphatic rings. The van der Waals surface area contributed by atoms with Crippen molar-refractivity contribution in [3.05, 3.63) is 35.4 Å². The predicted molar refractivity (Wildman–Crippen MR) is 102 cm³/mol. The summed E-state index contributed by atoms with van der Waals surface area (Å²) in [6, 6.07) is 8.67. The summed E-state index contributed by atoms with van der Waals surface area (Å²) >= 11 is 7.39. The maximum atomic E-state index is 5.50. The first-order valence-electron chi connectivity index (χ1n) is 7.99. The summed E-state index contributed by atoms with van der Waals surface area (Å²) < 4.78 is 0. The molecule has 0 aromatic heterocycles. The van der Waals surface area contributed by atoms with Crippen LogP contribution < -0.4 is 5.32 Å². The number of nitrogens with one attached hydrogen (secondary N) is 1. The molecule has 1 N–H and O–H groups in total. The van der Waals surface area contributed by atoms with E-state index in [0.29, 0.717) is 0 Å². The van der Waals surface area contributed by atoms with E-state index in [2.05, 4.69) is 52.6 Å². The van der Waals surface area contributed by atoms with Gasteiger partial charge in [-0.1, -0.05) is 24.3 Å². The van der Waals surface area contributed by atoms with Crippen molar-refractivity contribution in [3.63, 3.8) is 0 Å². The molecule has 5 heteroatoms. The monoisotopic (exact) mass is 337 g/mol. The Labute approximate surface area is 144 Å². The van der Waals surface area contributed by atoms with E-state index < -0.39 is 0 Å². The second-order valence-electron chi connectivity index (χ2n) is 5.77. The van der Waals surface area contributed by atoms with Gasteiger partial charge >= 0.3 is 0 Å². The number of rotatable bonds is 6. The zero-order chi connectivity index (χ0) is 15.8. The van der Waals surface area contributed by atoms with Crippen LogP contribution >= 0.6 is 24.0 Å². The van der Waals surface area contributed by atoms with E-state index in [9.17, 15) is 0 Å². The van der Waals surface area contributed by atoms with Crippen LogP contribution in [0.5, 0.6) is 0 Å². The Morgan fingerprint density at radius 2 is 1.95 bits per heavy atom. The van der Waals surface area contributed by atoms with Crippen LogP contribution in [0.15, 0.2) is 24.3 Å². The minimum absolute atomic E-state index is 0.927. The van der Waals surface area contributed by atoms with E-state index in [4.69, 9.17) is 12.2 Å². The third-order valence-corrected chi connectivity index (χ3v) is 5.22. The van der Waals surface area contributed by atoms with Crippen molar-refractivity contribution >= 4 is 29.1 Å².